The second-order valence-corrected chi connectivity index (χ2v) is 5.71. The second-order valence-electron chi connectivity index (χ2n) is 3.84. The van der Waals surface area contributed by atoms with Gasteiger partial charge in [0, 0.05) is 17.1 Å². The fourth-order valence-electron chi connectivity index (χ4n) is 1.44. The van der Waals surface area contributed by atoms with E-state index in [1.165, 1.54) is 17.4 Å². The van der Waals surface area contributed by atoms with Crippen LogP contribution in [-0.4, -0.2) is 29.7 Å². The zero-order chi connectivity index (χ0) is 14.0. The average Bonchev–Trinajstić information content (AvgIpc) is 2.80. The van der Waals surface area contributed by atoms with Gasteiger partial charge in [0.2, 0.25) is 11.0 Å². The van der Waals surface area contributed by atoms with Gasteiger partial charge in [0.1, 0.15) is 5.82 Å². The predicted molar refractivity (Wildman–Crippen MR) is 75.5 cm³/mol. The summed E-state index contributed by atoms with van der Waals surface area (Å²) in [6.45, 7) is 0.0373. The van der Waals surface area contributed by atoms with Gasteiger partial charge in [0.05, 0.1) is 6.54 Å². The number of aromatic nitrogens is 2. The van der Waals surface area contributed by atoms with E-state index >= 15 is 0 Å². The summed E-state index contributed by atoms with van der Waals surface area (Å²) in [6, 6.07) is 4.60. The first kappa shape index (κ1) is 13.9. The van der Waals surface area contributed by atoms with Gasteiger partial charge in [-0.3, -0.25) is 4.79 Å². The molecule has 1 heterocycles. The van der Waals surface area contributed by atoms with Crippen LogP contribution in [0.2, 0.25) is 0 Å². The Balaban J connectivity index is 2.30. The smallest absolute Gasteiger partial charge is 0.237 e. The molecule has 8 heteroatoms. The lowest BCUT2D eigenvalue weighted by Gasteiger charge is -2.11. The third kappa shape index (κ3) is 3.27. The molecule has 2 rings (SSSR count). The molecule has 0 atom stereocenters. The molecule has 0 radical (unpaired) electrons. The topological polar surface area (TPSA) is 72.1 Å². The normalized spacial score (nSPS) is 10.5. The summed E-state index contributed by atoms with van der Waals surface area (Å²) in [7, 11) is 1.67. The molecule has 1 aromatic heterocycles. The van der Waals surface area contributed by atoms with Crippen molar-refractivity contribution in [1.82, 2.24) is 10.2 Å². The van der Waals surface area contributed by atoms with E-state index in [4.69, 9.17) is 5.73 Å². The first-order valence-corrected chi connectivity index (χ1v) is 6.86. The molecule has 100 valence electrons. The van der Waals surface area contributed by atoms with Crippen LogP contribution in [0, 0.1) is 5.82 Å². The maximum Gasteiger partial charge on any atom is 0.237 e. The molecular formula is C11H10BrFN4OS. The molecule has 0 aliphatic rings. The van der Waals surface area contributed by atoms with E-state index in [0.717, 1.165) is 4.47 Å². The van der Waals surface area contributed by atoms with Crippen molar-refractivity contribution >= 4 is 38.3 Å². The predicted octanol–water partition coefficient (Wildman–Crippen LogP) is 2.03. The Bertz CT molecular complexity index is 618. The van der Waals surface area contributed by atoms with E-state index in [2.05, 4.69) is 26.1 Å². The third-order valence-electron chi connectivity index (χ3n) is 2.29. The number of hydrogen-bond acceptors (Lipinski definition) is 5. The Morgan fingerprint density at radius 3 is 2.95 bits per heavy atom. The van der Waals surface area contributed by atoms with Gasteiger partial charge in [-0.1, -0.05) is 27.3 Å². The van der Waals surface area contributed by atoms with Crippen molar-refractivity contribution in [2.45, 2.75) is 0 Å². The zero-order valence-electron chi connectivity index (χ0n) is 9.93. The fourth-order valence-corrected chi connectivity index (χ4v) is 2.63. The maximum atomic E-state index is 13.7. The Morgan fingerprint density at radius 1 is 1.53 bits per heavy atom. The van der Waals surface area contributed by atoms with Crippen LogP contribution in [0.1, 0.15) is 0 Å². The highest BCUT2D eigenvalue weighted by Crippen LogP contribution is 2.31. The van der Waals surface area contributed by atoms with E-state index in [9.17, 15) is 9.18 Å². The summed E-state index contributed by atoms with van der Waals surface area (Å²) in [4.78, 5) is 12.4. The molecular weight excluding hydrogens is 335 g/mol. The Kier molecular flexibility index (Phi) is 4.11. The minimum absolute atomic E-state index is 0.0373. The summed E-state index contributed by atoms with van der Waals surface area (Å²) in [5.41, 5.74) is 5.47. The standard InChI is InChI=1S/C11H10BrFN4OS/c1-17(5-9(14)18)11-16-15-10(19-11)7-4-6(12)2-3-8(7)13/h2-4H,5H2,1H3,(H2,14,18). The van der Waals surface area contributed by atoms with Crippen LogP contribution in [0.3, 0.4) is 0 Å². The van der Waals surface area contributed by atoms with Crippen LogP contribution >= 0.6 is 27.3 Å². The second kappa shape index (κ2) is 5.62. The number of rotatable bonds is 4. The van der Waals surface area contributed by atoms with Crippen molar-refractivity contribution < 1.29 is 9.18 Å². The summed E-state index contributed by atoms with van der Waals surface area (Å²) in [6.07, 6.45) is 0. The Morgan fingerprint density at radius 2 is 2.26 bits per heavy atom. The lowest BCUT2D eigenvalue weighted by molar-refractivity contribution is -0.116. The highest BCUT2D eigenvalue weighted by molar-refractivity contribution is 9.10. The number of primary amides is 1. The molecule has 19 heavy (non-hydrogen) atoms. The molecule has 0 saturated heterocycles. The van der Waals surface area contributed by atoms with Crippen molar-refractivity contribution in [2.75, 3.05) is 18.5 Å². The molecule has 1 aromatic carbocycles. The molecule has 0 fully saturated rings. The van der Waals surface area contributed by atoms with Crippen molar-refractivity contribution in [3.8, 4) is 10.6 Å². The van der Waals surface area contributed by atoms with Gasteiger partial charge in [0.15, 0.2) is 5.01 Å². The summed E-state index contributed by atoms with van der Waals surface area (Å²) >= 11 is 4.47. The fraction of sp³-hybridized carbons (Fsp3) is 0.182. The molecule has 2 N–H and O–H groups in total. The number of carbonyl (C=O) groups is 1. The Hall–Kier alpha value is -1.54. The number of nitrogens with zero attached hydrogens (tertiary/aromatic N) is 3. The van der Waals surface area contributed by atoms with Gasteiger partial charge in [0.25, 0.3) is 0 Å². The number of nitrogens with two attached hydrogens (primary N) is 1. The molecule has 0 aliphatic carbocycles. The van der Waals surface area contributed by atoms with E-state index in [1.54, 1.807) is 24.1 Å². The molecule has 5 nitrogen and oxygen atoms in total. The molecule has 0 aliphatic heterocycles. The number of anilines is 1. The number of halogens is 2. The van der Waals surface area contributed by atoms with Crippen LogP contribution in [0.25, 0.3) is 10.6 Å². The van der Waals surface area contributed by atoms with Gasteiger partial charge in [-0.15, -0.1) is 10.2 Å². The summed E-state index contributed by atoms with van der Waals surface area (Å²) < 4.78 is 14.5. The van der Waals surface area contributed by atoms with Gasteiger partial charge >= 0.3 is 0 Å². The zero-order valence-corrected chi connectivity index (χ0v) is 12.3. The third-order valence-corrected chi connectivity index (χ3v) is 3.86. The number of amides is 1. The van der Waals surface area contributed by atoms with Gasteiger partial charge in [-0.05, 0) is 18.2 Å². The average molecular weight is 345 g/mol. The molecule has 0 spiro atoms. The van der Waals surface area contributed by atoms with E-state index < -0.39 is 5.91 Å². The quantitative estimate of drug-likeness (QED) is 0.920. The van der Waals surface area contributed by atoms with E-state index in [0.29, 0.717) is 15.7 Å². The van der Waals surface area contributed by atoms with Crippen molar-refractivity contribution in [2.24, 2.45) is 5.73 Å². The van der Waals surface area contributed by atoms with Crippen LogP contribution in [0.15, 0.2) is 22.7 Å². The van der Waals surface area contributed by atoms with Crippen molar-refractivity contribution in [1.29, 1.82) is 0 Å². The summed E-state index contributed by atoms with van der Waals surface area (Å²) in [5.74, 6) is -0.837. The van der Waals surface area contributed by atoms with Crippen LogP contribution in [-0.2, 0) is 4.79 Å². The van der Waals surface area contributed by atoms with Crippen LogP contribution in [0.5, 0.6) is 0 Å². The number of likely N-dealkylation sites (N-methyl/N-ethyl adjacent to an activating group) is 1. The first-order chi connectivity index (χ1) is 8.97. The first-order valence-electron chi connectivity index (χ1n) is 5.25. The molecule has 2 aromatic rings. The highest BCUT2D eigenvalue weighted by atomic mass is 79.9. The maximum absolute atomic E-state index is 13.7. The van der Waals surface area contributed by atoms with E-state index in [1.807, 2.05) is 0 Å². The molecule has 1 amide bonds. The Labute approximate surface area is 121 Å². The van der Waals surface area contributed by atoms with Crippen LogP contribution in [0.4, 0.5) is 9.52 Å². The van der Waals surface area contributed by atoms with Crippen molar-refractivity contribution in [3.63, 3.8) is 0 Å². The van der Waals surface area contributed by atoms with Crippen molar-refractivity contribution in [3.05, 3.63) is 28.5 Å². The molecule has 0 saturated carbocycles. The SMILES string of the molecule is CN(CC(N)=O)c1nnc(-c2cc(Br)ccc2F)s1. The van der Waals surface area contributed by atoms with Gasteiger partial charge in [-0.25, -0.2) is 4.39 Å². The summed E-state index contributed by atoms with van der Waals surface area (Å²) in [5, 5.41) is 8.81. The lowest BCUT2D eigenvalue weighted by Crippen LogP contribution is -2.30. The minimum Gasteiger partial charge on any atom is -0.368 e. The monoisotopic (exact) mass is 344 g/mol. The number of benzene rings is 1. The van der Waals surface area contributed by atoms with Gasteiger partial charge < -0.3 is 10.6 Å². The molecule has 0 bridgehead atoms. The minimum atomic E-state index is -0.465. The lowest BCUT2D eigenvalue weighted by atomic mass is 10.2. The largest absolute Gasteiger partial charge is 0.368 e. The molecule has 0 unspecified atom stereocenters. The van der Waals surface area contributed by atoms with E-state index in [-0.39, 0.29) is 12.4 Å². The van der Waals surface area contributed by atoms with Crippen LogP contribution < -0.4 is 10.6 Å². The number of carbonyl (C=O) groups excluding carboxylic acids is 1. The number of hydrogen-bond donors (Lipinski definition) is 1. The highest BCUT2D eigenvalue weighted by Gasteiger charge is 2.14. The van der Waals surface area contributed by atoms with Gasteiger partial charge in [-0.2, -0.15) is 0 Å².